The van der Waals surface area contributed by atoms with Gasteiger partial charge < -0.3 is 19.5 Å². The second-order valence-electron chi connectivity index (χ2n) is 7.60. The van der Waals surface area contributed by atoms with Crippen molar-refractivity contribution in [3.63, 3.8) is 0 Å². The molecule has 0 fully saturated rings. The van der Waals surface area contributed by atoms with Crippen molar-refractivity contribution in [3.8, 4) is 22.8 Å². The van der Waals surface area contributed by atoms with Crippen molar-refractivity contribution in [1.82, 2.24) is 9.97 Å². The Balaban J connectivity index is 1.87. The lowest BCUT2D eigenvalue weighted by Gasteiger charge is -2.26. The number of carboxylic acid groups (broad SMARTS) is 1. The van der Waals surface area contributed by atoms with Gasteiger partial charge in [-0.2, -0.15) is 0 Å². The van der Waals surface area contributed by atoms with E-state index in [1.54, 1.807) is 13.4 Å². The van der Waals surface area contributed by atoms with Crippen LogP contribution in [0.4, 0.5) is 5.82 Å². The normalized spacial score (nSPS) is 10.6. The number of rotatable bonds is 10. The first-order valence-electron chi connectivity index (χ1n) is 10.6. The van der Waals surface area contributed by atoms with E-state index in [1.807, 2.05) is 56.3 Å². The van der Waals surface area contributed by atoms with E-state index >= 15 is 0 Å². The number of hydrogen-bond acceptors (Lipinski definition) is 6. The molecule has 1 heterocycles. The van der Waals surface area contributed by atoms with Crippen molar-refractivity contribution in [2.24, 2.45) is 0 Å². The third kappa shape index (κ3) is 5.55. The molecule has 0 aliphatic rings. The summed E-state index contributed by atoms with van der Waals surface area (Å²) in [6.45, 7) is 7.27. The van der Waals surface area contributed by atoms with E-state index in [4.69, 9.17) is 14.6 Å². The quantitative estimate of drug-likeness (QED) is 0.496. The number of aliphatic carboxylic acids is 1. The molecule has 0 radical (unpaired) electrons. The molecule has 0 aliphatic carbocycles. The molecule has 3 aromatic rings. The number of hydrogen-bond donors (Lipinski definition) is 1. The Morgan fingerprint density at radius 3 is 2.47 bits per heavy atom. The minimum Gasteiger partial charge on any atom is -0.497 e. The Morgan fingerprint density at radius 2 is 1.84 bits per heavy atom. The Hall–Kier alpha value is -3.61. The zero-order valence-electron chi connectivity index (χ0n) is 19.0. The van der Waals surface area contributed by atoms with Gasteiger partial charge in [0.25, 0.3) is 0 Å². The van der Waals surface area contributed by atoms with E-state index in [9.17, 15) is 4.79 Å². The fourth-order valence-corrected chi connectivity index (χ4v) is 3.66. The highest BCUT2D eigenvalue weighted by atomic mass is 16.5. The van der Waals surface area contributed by atoms with Crippen molar-refractivity contribution < 1.29 is 19.4 Å². The maximum atomic E-state index is 10.8. The number of aryl methyl sites for hydroxylation is 1. The van der Waals surface area contributed by atoms with Crippen LogP contribution in [0, 0.1) is 13.8 Å². The molecule has 7 heteroatoms. The van der Waals surface area contributed by atoms with Crippen molar-refractivity contribution in [3.05, 3.63) is 65.5 Å². The summed E-state index contributed by atoms with van der Waals surface area (Å²) in [6, 6.07) is 13.7. The van der Waals surface area contributed by atoms with Gasteiger partial charge in [0.15, 0.2) is 6.61 Å². The summed E-state index contributed by atoms with van der Waals surface area (Å²) in [5.74, 6) is 1.30. The van der Waals surface area contributed by atoms with Gasteiger partial charge in [-0.3, -0.25) is 0 Å². The summed E-state index contributed by atoms with van der Waals surface area (Å²) >= 11 is 0. The summed E-state index contributed by atoms with van der Waals surface area (Å²) in [7, 11) is 1.65. The molecule has 0 amide bonds. The van der Waals surface area contributed by atoms with Crippen LogP contribution < -0.4 is 14.4 Å². The standard InChI is InChI=1S/C25H29N3O4/c1-5-12-28(14-19-6-11-22(17(2)13-19)32-15-23(29)30)25-18(3)24(26-16-27-25)20-7-9-21(31-4)10-8-20/h6-11,13,16H,5,12,14-15H2,1-4H3,(H,29,30). The average Bonchev–Trinajstić information content (AvgIpc) is 2.78. The Labute approximate surface area is 188 Å². The first-order valence-corrected chi connectivity index (χ1v) is 10.6. The smallest absolute Gasteiger partial charge is 0.341 e. The molecule has 3 rings (SSSR count). The zero-order chi connectivity index (χ0) is 23.1. The lowest BCUT2D eigenvalue weighted by Crippen LogP contribution is -2.25. The molecule has 0 bridgehead atoms. The van der Waals surface area contributed by atoms with Crippen LogP contribution in [0.1, 0.15) is 30.0 Å². The minimum absolute atomic E-state index is 0.351. The first kappa shape index (κ1) is 23.1. The number of anilines is 1. The van der Waals surface area contributed by atoms with Crippen LogP contribution in [0.3, 0.4) is 0 Å². The van der Waals surface area contributed by atoms with Crippen LogP contribution in [0.15, 0.2) is 48.8 Å². The summed E-state index contributed by atoms with van der Waals surface area (Å²) in [6.07, 6.45) is 2.58. The van der Waals surface area contributed by atoms with Gasteiger partial charge in [0.1, 0.15) is 23.6 Å². The predicted molar refractivity (Wildman–Crippen MR) is 124 cm³/mol. The van der Waals surface area contributed by atoms with Crippen molar-refractivity contribution in [2.45, 2.75) is 33.7 Å². The maximum Gasteiger partial charge on any atom is 0.341 e. The fraction of sp³-hybridized carbons (Fsp3) is 0.320. The third-order valence-corrected chi connectivity index (χ3v) is 5.18. The number of methoxy groups -OCH3 is 1. The van der Waals surface area contributed by atoms with Crippen LogP contribution >= 0.6 is 0 Å². The van der Waals surface area contributed by atoms with Gasteiger partial charge in [0.05, 0.1) is 12.8 Å². The molecule has 0 spiro atoms. The summed E-state index contributed by atoms with van der Waals surface area (Å²) in [4.78, 5) is 22.1. The van der Waals surface area contributed by atoms with Crippen molar-refractivity contribution in [1.29, 1.82) is 0 Å². The van der Waals surface area contributed by atoms with E-state index in [-0.39, 0.29) is 6.61 Å². The highest BCUT2D eigenvalue weighted by Gasteiger charge is 2.16. The lowest BCUT2D eigenvalue weighted by atomic mass is 10.1. The molecule has 2 aromatic carbocycles. The topological polar surface area (TPSA) is 84.8 Å². The van der Waals surface area contributed by atoms with Gasteiger partial charge in [-0.05, 0) is 61.7 Å². The van der Waals surface area contributed by atoms with Crippen LogP contribution in [-0.4, -0.2) is 41.3 Å². The average molecular weight is 436 g/mol. The number of benzene rings is 2. The van der Waals surface area contributed by atoms with E-state index < -0.39 is 5.97 Å². The van der Waals surface area contributed by atoms with Crippen molar-refractivity contribution in [2.75, 3.05) is 25.2 Å². The van der Waals surface area contributed by atoms with Crippen LogP contribution in [0.25, 0.3) is 11.3 Å². The monoisotopic (exact) mass is 435 g/mol. The van der Waals surface area contributed by atoms with Crippen LogP contribution in [0.5, 0.6) is 11.5 Å². The van der Waals surface area contributed by atoms with E-state index in [0.29, 0.717) is 12.3 Å². The number of aromatic nitrogens is 2. The predicted octanol–water partition coefficient (Wildman–Crippen LogP) is 4.65. The zero-order valence-corrected chi connectivity index (χ0v) is 19.0. The molecule has 0 unspecified atom stereocenters. The van der Waals surface area contributed by atoms with Gasteiger partial charge >= 0.3 is 5.97 Å². The molecule has 7 nitrogen and oxygen atoms in total. The lowest BCUT2D eigenvalue weighted by molar-refractivity contribution is -0.139. The molecule has 1 N–H and O–H groups in total. The van der Waals surface area contributed by atoms with Gasteiger partial charge in [0, 0.05) is 24.2 Å². The molecular formula is C25H29N3O4. The maximum absolute atomic E-state index is 10.8. The molecule has 0 aliphatic heterocycles. The molecule has 0 saturated carbocycles. The van der Waals surface area contributed by atoms with E-state index in [1.165, 1.54) is 0 Å². The number of carboxylic acids is 1. The van der Waals surface area contributed by atoms with Crippen LogP contribution in [-0.2, 0) is 11.3 Å². The number of nitrogens with zero attached hydrogens (tertiary/aromatic N) is 3. The summed E-state index contributed by atoms with van der Waals surface area (Å²) < 4.78 is 10.6. The van der Waals surface area contributed by atoms with Gasteiger partial charge in [-0.15, -0.1) is 0 Å². The van der Waals surface area contributed by atoms with Gasteiger partial charge in [-0.1, -0.05) is 19.1 Å². The summed E-state index contributed by atoms with van der Waals surface area (Å²) in [5, 5.41) is 8.83. The Morgan fingerprint density at radius 1 is 1.09 bits per heavy atom. The third-order valence-electron chi connectivity index (χ3n) is 5.18. The molecule has 1 aromatic heterocycles. The second kappa shape index (κ2) is 10.6. The van der Waals surface area contributed by atoms with Crippen molar-refractivity contribution >= 4 is 11.8 Å². The SMILES string of the molecule is CCCN(Cc1ccc(OCC(=O)O)c(C)c1)c1ncnc(-c2ccc(OC)cc2)c1C. The van der Waals surface area contributed by atoms with Crippen LogP contribution in [0.2, 0.25) is 0 Å². The number of carbonyl (C=O) groups is 1. The first-order chi connectivity index (χ1) is 15.4. The second-order valence-corrected chi connectivity index (χ2v) is 7.60. The van der Waals surface area contributed by atoms with Gasteiger partial charge in [-0.25, -0.2) is 14.8 Å². The molecule has 0 atom stereocenters. The summed E-state index contributed by atoms with van der Waals surface area (Å²) in [5.41, 5.74) is 4.93. The molecule has 0 saturated heterocycles. The molecule has 32 heavy (non-hydrogen) atoms. The highest BCUT2D eigenvalue weighted by molar-refractivity contribution is 5.69. The van der Waals surface area contributed by atoms with Gasteiger partial charge in [0.2, 0.25) is 0 Å². The Bertz CT molecular complexity index is 1070. The molecular weight excluding hydrogens is 406 g/mol. The fourth-order valence-electron chi connectivity index (χ4n) is 3.66. The van der Waals surface area contributed by atoms with E-state index in [0.717, 1.165) is 52.5 Å². The van der Waals surface area contributed by atoms with E-state index in [2.05, 4.69) is 21.8 Å². The number of ether oxygens (including phenoxy) is 2. The molecule has 168 valence electrons. The highest BCUT2D eigenvalue weighted by Crippen LogP contribution is 2.29. The largest absolute Gasteiger partial charge is 0.497 e. The minimum atomic E-state index is -0.991. The Kier molecular flexibility index (Phi) is 7.65.